The average Bonchev–Trinajstić information content (AvgIpc) is 2.43. The van der Waals surface area contributed by atoms with Crippen LogP contribution >= 0.6 is 0 Å². The minimum Gasteiger partial charge on any atom is -0.421 e. The van der Waals surface area contributed by atoms with E-state index in [1.165, 1.54) is 19.4 Å². The quantitative estimate of drug-likeness (QED) is 0.493. The van der Waals surface area contributed by atoms with Crippen molar-refractivity contribution in [2.45, 2.75) is 30.8 Å². The highest BCUT2D eigenvalue weighted by atomic mass is 32.3. The summed E-state index contributed by atoms with van der Waals surface area (Å²) in [6, 6.07) is 0. The first-order chi connectivity index (χ1) is 11.5. The zero-order valence-electron chi connectivity index (χ0n) is 13.7. The van der Waals surface area contributed by atoms with Crippen LogP contribution in [0.15, 0.2) is 24.4 Å². The highest BCUT2D eigenvalue weighted by molar-refractivity contribution is 8.13. The van der Waals surface area contributed by atoms with Crippen LogP contribution in [0.4, 0.5) is 26.3 Å². The van der Waals surface area contributed by atoms with Gasteiger partial charge in [-0.05, 0) is 18.6 Å². The van der Waals surface area contributed by atoms with Gasteiger partial charge in [-0.3, -0.25) is 4.48 Å². The number of halogens is 6. The Morgan fingerprint density at radius 2 is 1.42 bits per heavy atom. The van der Waals surface area contributed by atoms with E-state index in [0.29, 0.717) is 0 Å². The Labute approximate surface area is 147 Å². The summed E-state index contributed by atoms with van der Waals surface area (Å²) in [4.78, 5) is 0. The molecule has 0 saturated carbocycles. The molecular formula is C12H18F6N2O4S2. The maximum Gasteiger partial charge on any atom is 0.480 e. The predicted octanol–water partition coefficient (Wildman–Crippen LogP) is 3.38. The zero-order valence-corrected chi connectivity index (χ0v) is 15.4. The molecule has 0 bridgehead atoms. The lowest BCUT2D eigenvalue weighted by Crippen LogP contribution is -2.40. The Bertz CT molecular complexity index is 684. The molecule has 0 aromatic rings. The van der Waals surface area contributed by atoms with Crippen LogP contribution in [0.2, 0.25) is 0 Å². The fourth-order valence-corrected chi connectivity index (χ4v) is 3.31. The standard InChI is InChI=1S/C10H18N.C2F6NO4S2/c1-3-4-8-11(2)9-6-5-7-10-11;3-1(4,5)14(10,11)9-15(12,13)2(6,7)8/h5-7,9H,3-4,8,10H2,1-2H3;/q+1;-1. The summed E-state index contributed by atoms with van der Waals surface area (Å²) in [6.07, 6.45) is 11.4. The van der Waals surface area contributed by atoms with Crippen LogP contribution in [0.1, 0.15) is 19.8 Å². The topological polar surface area (TPSA) is 82.4 Å². The smallest absolute Gasteiger partial charge is 0.421 e. The third kappa shape index (κ3) is 7.63. The lowest BCUT2D eigenvalue weighted by Gasteiger charge is -2.30. The van der Waals surface area contributed by atoms with Crippen molar-refractivity contribution in [1.82, 2.24) is 0 Å². The Morgan fingerprint density at radius 3 is 1.73 bits per heavy atom. The monoisotopic (exact) mass is 432 g/mol. The van der Waals surface area contributed by atoms with Gasteiger partial charge < -0.3 is 4.13 Å². The number of rotatable bonds is 5. The molecule has 0 N–H and O–H groups in total. The van der Waals surface area contributed by atoms with Crippen molar-refractivity contribution >= 4 is 20.0 Å². The van der Waals surface area contributed by atoms with Crippen molar-refractivity contribution in [3.8, 4) is 0 Å². The van der Waals surface area contributed by atoms with Gasteiger partial charge in [-0.25, -0.2) is 16.8 Å². The third-order valence-corrected chi connectivity index (χ3v) is 5.76. The van der Waals surface area contributed by atoms with Crippen molar-refractivity contribution in [3.63, 3.8) is 0 Å². The molecule has 6 nitrogen and oxygen atoms in total. The number of unbranched alkanes of at least 4 members (excludes halogenated alkanes) is 1. The number of likely N-dealkylation sites (N-methyl/N-ethyl adjacent to an activating group) is 1. The molecule has 14 heteroatoms. The summed E-state index contributed by atoms with van der Waals surface area (Å²) in [6.45, 7) is 4.68. The van der Waals surface area contributed by atoms with Gasteiger partial charge in [0.25, 0.3) is 0 Å². The second-order valence-corrected chi connectivity index (χ2v) is 8.85. The number of hydrogen-bond donors (Lipinski definition) is 0. The molecule has 0 amide bonds. The summed E-state index contributed by atoms with van der Waals surface area (Å²) in [5, 5.41) is 0. The van der Waals surface area contributed by atoms with Gasteiger partial charge in [0, 0.05) is 0 Å². The molecule has 0 radical (unpaired) electrons. The van der Waals surface area contributed by atoms with Crippen molar-refractivity contribution < 1.29 is 47.7 Å². The molecule has 1 atom stereocenters. The van der Waals surface area contributed by atoms with E-state index < -0.39 is 31.1 Å². The highest BCUT2D eigenvalue weighted by Gasteiger charge is 2.46. The molecule has 1 aliphatic rings. The molecule has 0 aromatic carbocycles. The van der Waals surface area contributed by atoms with E-state index in [0.717, 1.165) is 15.2 Å². The molecule has 1 aliphatic heterocycles. The van der Waals surface area contributed by atoms with Crippen LogP contribution in [0, 0.1) is 0 Å². The average molecular weight is 432 g/mol. The van der Waals surface area contributed by atoms with Crippen LogP contribution in [0.3, 0.4) is 0 Å². The zero-order chi connectivity index (χ0) is 20.9. The number of hydrogen-bond acceptors (Lipinski definition) is 4. The molecule has 0 aromatic heterocycles. The van der Waals surface area contributed by atoms with E-state index in [1.54, 1.807) is 0 Å². The van der Waals surface area contributed by atoms with Crippen molar-refractivity contribution in [1.29, 1.82) is 0 Å². The van der Waals surface area contributed by atoms with Crippen LogP contribution in [0.5, 0.6) is 0 Å². The summed E-state index contributed by atoms with van der Waals surface area (Å²) >= 11 is 0. The number of alkyl halides is 6. The van der Waals surface area contributed by atoms with Crippen molar-refractivity contribution in [3.05, 3.63) is 28.6 Å². The van der Waals surface area contributed by atoms with E-state index in [2.05, 4.69) is 38.4 Å². The molecule has 0 spiro atoms. The molecular weight excluding hydrogens is 414 g/mol. The molecule has 0 fully saturated rings. The molecule has 26 heavy (non-hydrogen) atoms. The lowest BCUT2D eigenvalue weighted by molar-refractivity contribution is -0.854. The fraction of sp³-hybridized carbons (Fsp3) is 0.667. The van der Waals surface area contributed by atoms with E-state index in [-0.39, 0.29) is 0 Å². The normalized spacial score (nSPS) is 21.2. The van der Waals surface area contributed by atoms with Crippen LogP contribution in [-0.2, 0) is 20.0 Å². The molecule has 1 rings (SSSR count). The maximum absolute atomic E-state index is 11.4. The van der Waals surface area contributed by atoms with E-state index in [1.807, 2.05) is 0 Å². The largest absolute Gasteiger partial charge is 0.480 e. The van der Waals surface area contributed by atoms with E-state index in [9.17, 15) is 43.2 Å². The maximum atomic E-state index is 11.4. The summed E-state index contributed by atoms with van der Waals surface area (Å²) < 4.78 is 110. The highest BCUT2D eigenvalue weighted by Crippen LogP contribution is 2.36. The third-order valence-electron chi connectivity index (χ3n) is 3.02. The number of quaternary nitrogens is 1. The number of sulfonamides is 2. The van der Waals surface area contributed by atoms with Gasteiger partial charge in [-0.15, -0.1) is 0 Å². The number of allylic oxidation sites excluding steroid dienone is 2. The predicted molar refractivity (Wildman–Crippen MR) is 82.4 cm³/mol. The Balaban J connectivity index is 0.000000502. The van der Waals surface area contributed by atoms with Gasteiger partial charge in [-0.1, -0.05) is 19.4 Å². The fourth-order valence-electron chi connectivity index (χ4n) is 1.60. The second-order valence-electron chi connectivity index (χ2n) is 5.42. The molecule has 0 saturated heterocycles. The lowest BCUT2D eigenvalue weighted by atomic mass is 10.2. The Hall–Kier alpha value is -1.12. The Kier molecular flexibility index (Phi) is 8.34. The first-order valence-electron chi connectivity index (χ1n) is 7.03. The van der Waals surface area contributed by atoms with Gasteiger partial charge in [0.05, 0.1) is 19.8 Å². The number of nitrogens with zero attached hydrogens (tertiary/aromatic N) is 2. The minimum atomic E-state index is -6.72. The van der Waals surface area contributed by atoms with Gasteiger partial charge in [-0.2, -0.15) is 26.3 Å². The first kappa shape index (κ1) is 24.9. The molecule has 1 heterocycles. The van der Waals surface area contributed by atoms with Gasteiger partial charge in [0.1, 0.15) is 6.54 Å². The van der Waals surface area contributed by atoms with Crippen LogP contribution < -0.4 is 0 Å². The summed E-state index contributed by atoms with van der Waals surface area (Å²) in [5.41, 5.74) is -12.4. The van der Waals surface area contributed by atoms with Crippen molar-refractivity contribution in [2.75, 3.05) is 20.1 Å². The summed E-state index contributed by atoms with van der Waals surface area (Å²) in [7, 11) is -11.2. The molecule has 1 unspecified atom stereocenters. The van der Waals surface area contributed by atoms with Gasteiger partial charge in [0.2, 0.25) is 0 Å². The van der Waals surface area contributed by atoms with E-state index >= 15 is 0 Å². The van der Waals surface area contributed by atoms with Crippen LogP contribution in [-0.4, -0.2) is 52.5 Å². The minimum absolute atomic E-state index is 0.778. The first-order valence-corrected chi connectivity index (χ1v) is 9.91. The van der Waals surface area contributed by atoms with Crippen LogP contribution in [0.25, 0.3) is 4.13 Å². The van der Waals surface area contributed by atoms with Crippen molar-refractivity contribution in [2.24, 2.45) is 0 Å². The van der Waals surface area contributed by atoms with Gasteiger partial charge >= 0.3 is 11.0 Å². The van der Waals surface area contributed by atoms with E-state index in [4.69, 9.17) is 0 Å². The Morgan fingerprint density at radius 1 is 0.962 bits per heavy atom. The summed E-state index contributed by atoms with van der Waals surface area (Å²) in [5.74, 6) is 0. The second kappa shape index (κ2) is 8.71. The molecule has 0 aliphatic carbocycles. The molecule has 154 valence electrons. The SMILES string of the molecule is CCCC[N+]1(C)C=CC=CC1.O=S(=O)([N-]S(=O)(=O)C(F)(F)F)C(F)(F)F. The van der Waals surface area contributed by atoms with Gasteiger partial charge in [0.15, 0.2) is 20.0 Å².